The standard InChI is InChI=1S/C25H25FN4O3/c1-25(2,3)16-8-14-11-28-30(24(33)22(14)19(26)10-16)20-7-5-6-17(18(20)13-31)15-9-21(23(27)32)29(4)12-15/h5-12,31H,13H2,1-4H3,(H2,27,32). The lowest BCUT2D eigenvalue weighted by Crippen LogP contribution is -2.24. The lowest BCUT2D eigenvalue weighted by atomic mass is 9.86. The first-order valence-corrected chi connectivity index (χ1v) is 10.4. The second kappa shape index (κ2) is 7.97. The molecule has 7 nitrogen and oxygen atoms in total. The largest absolute Gasteiger partial charge is 0.392 e. The maximum absolute atomic E-state index is 15.0. The minimum absolute atomic E-state index is 0.0666. The first-order chi connectivity index (χ1) is 15.5. The molecule has 4 rings (SSSR count). The third-order valence-electron chi connectivity index (χ3n) is 5.81. The molecule has 0 atom stereocenters. The van der Waals surface area contributed by atoms with Gasteiger partial charge >= 0.3 is 0 Å². The van der Waals surface area contributed by atoms with Crippen molar-refractivity contribution < 1.29 is 14.3 Å². The number of aliphatic hydroxyl groups excluding tert-OH is 1. The molecule has 2 heterocycles. The Hall–Kier alpha value is -3.78. The molecule has 0 radical (unpaired) electrons. The van der Waals surface area contributed by atoms with Gasteiger partial charge in [0, 0.05) is 29.8 Å². The molecule has 0 saturated heterocycles. The van der Waals surface area contributed by atoms with E-state index in [1.54, 1.807) is 48.1 Å². The summed E-state index contributed by atoms with van der Waals surface area (Å²) in [5.41, 5.74) is 7.57. The molecule has 0 aliphatic rings. The molecule has 0 bridgehead atoms. The lowest BCUT2D eigenvalue weighted by molar-refractivity contribution is 0.0992. The molecule has 1 amide bonds. The highest BCUT2D eigenvalue weighted by Gasteiger charge is 2.21. The van der Waals surface area contributed by atoms with Crippen LogP contribution in [0.1, 0.15) is 42.4 Å². The minimum Gasteiger partial charge on any atom is -0.392 e. The zero-order chi connectivity index (χ0) is 24.1. The number of aliphatic hydroxyl groups is 1. The van der Waals surface area contributed by atoms with Crippen molar-refractivity contribution in [1.29, 1.82) is 0 Å². The van der Waals surface area contributed by atoms with Crippen LogP contribution < -0.4 is 11.3 Å². The van der Waals surface area contributed by atoms with E-state index in [9.17, 15) is 14.7 Å². The Morgan fingerprint density at radius 2 is 1.94 bits per heavy atom. The van der Waals surface area contributed by atoms with Gasteiger partial charge in [0.25, 0.3) is 11.5 Å². The predicted octanol–water partition coefficient (Wildman–Crippen LogP) is 3.42. The number of rotatable bonds is 4. The molecule has 0 fully saturated rings. The van der Waals surface area contributed by atoms with Gasteiger partial charge in [0.2, 0.25) is 0 Å². The fraction of sp³-hybridized carbons (Fsp3) is 0.240. The smallest absolute Gasteiger partial charge is 0.282 e. The van der Waals surface area contributed by atoms with Gasteiger partial charge in [-0.1, -0.05) is 32.9 Å². The quantitative estimate of drug-likeness (QED) is 0.499. The van der Waals surface area contributed by atoms with Gasteiger partial charge in [0.15, 0.2) is 0 Å². The molecule has 3 N–H and O–H groups in total. The van der Waals surface area contributed by atoms with Gasteiger partial charge in [-0.2, -0.15) is 9.78 Å². The summed E-state index contributed by atoms with van der Waals surface area (Å²) < 4.78 is 17.7. The normalized spacial score (nSPS) is 11.8. The summed E-state index contributed by atoms with van der Waals surface area (Å²) in [5.74, 6) is -1.20. The van der Waals surface area contributed by atoms with Crippen LogP contribution in [0.4, 0.5) is 4.39 Å². The van der Waals surface area contributed by atoms with Gasteiger partial charge in [-0.25, -0.2) is 4.39 Å². The SMILES string of the molecule is Cn1cc(-c2cccc(-n3ncc4cc(C(C)(C)C)cc(F)c4c3=O)c2CO)cc1C(N)=O. The van der Waals surface area contributed by atoms with Gasteiger partial charge < -0.3 is 15.4 Å². The summed E-state index contributed by atoms with van der Waals surface area (Å²) in [6, 6.07) is 9.87. The zero-order valence-electron chi connectivity index (χ0n) is 18.9. The predicted molar refractivity (Wildman–Crippen MR) is 125 cm³/mol. The molecule has 170 valence electrons. The Morgan fingerprint density at radius 3 is 2.55 bits per heavy atom. The van der Waals surface area contributed by atoms with Crippen LogP contribution in [0.3, 0.4) is 0 Å². The van der Waals surface area contributed by atoms with Crippen molar-refractivity contribution in [3.8, 4) is 16.8 Å². The first kappa shape index (κ1) is 22.4. The molecule has 8 heteroatoms. The average molecular weight is 448 g/mol. The highest BCUT2D eigenvalue weighted by molar-refractivity contribution is 5.93. The van der Waals surface area contributed by atoms with Gasteiger partial charge in [0.05, 0.1) is 23.9 Å². The van der Waals surface area contributed by atoms with E-state index in [0.29, 0.717) is 33.5 Å². The second-order valence-corrected chi connectivity index (χ2v) is 9.08. The summed E-state index contributed by atoms with van der Waals surface area (Å²) in [5, 5.41) is 14.8. The Morgan fingerprint density at radius 1 is 1.21 bits per heavy atom. The Labute approximate surface area is 189 Å². The number of nitrogens with two attached hydrogens (primary N) is 1. The maximum Gasteiger partial charge on any atom is 0.282 e. The molecule has 2 aromatic heterocycles. The van der Waals surface area contributed by atoms with E-state index >= 15 is 4.39 Å². The minimum atomic E-state index is -0.622. The lowest BCUT2D eigenvalue weighted by Gasteiger charge is -2.20. The van der Waals surface area contributed by atoms with Crippen LogP contribution in [0.5, 0.6) is 0 Å². The van der Waals surface area contributed by atoms with Crippen molar-refractivity contribution in [1.82, 2.24) is 14.3 Å². The first-order valence-electron chi connectivity index (χ1n) is 10.4. The fourth-order valence-electron chi connectivity index (χ4n) is 4.00. The van der Waals surface area contributed by atoms with E-state index in [0.717, 1.165) is 10.2 Å². The number of hydrogen-bond donors (Lipinski definition) is 2. The van der Waals surface area contributed by atoms with Crippen molar-refractivity contribution in [2.75, 3.05) is 0 Å². The molecular weight excluding hydrogens is 423 g/mol. The number of primary amides is 1. The van der Waals surface area contributed by atoms with Crippen LogP contribution >= 0.6 is 0 Å². The molecule has 4 aromatic rings. The number of benzene rings is 2. The summed E-state index contributed by atoms with van der Waals surface area (Å²) >= 11 is 0. The van der Waals surface area contributed by atoms with Crippen LogP contribution in [0.2, 0.25) is 0 Å². The fourth-order valence-corrected chi connectivity index (χ4v) is 4.00. The zero-order valence-corrected chi connectivity index (χ0v) is 18.9. The van der Waals surface area contributed by atoms with Gasteiger partial charge in [-0.15, -0.1) is 0 Å². The van der Waals surface area contributed by atoms with Crippen LogP contribution in [-0.4, -0.2) is 25.4 Å². The molecule has 0 spiro atoms. The topological polar surface area (TPSA) is 103 Å². The van der Waals surface area contributed by atoms with Crippen LogP contribution in [0.25, 0.3) is 27.6 Å². The van der Waals surface area contributed by atoms with Crippen molar-refractivity contribution in [2.45, 2.75) is 32.8 Å². The van der Waals surface area contributed by atoms with Crippen LogP contribution in [0, 0.1) is 5.82 Å². The summed E-state index contributed by atoms with van der Waals surface area (Å²) in [7, 11) is 1.69. The molecule has 0 saturated carbocycles. The van der Waals surface area contributed by atoms with E-state index < -0.39 is 23.9 Å². The number of amides is 1. The Balaban J connectivity index is 1.94. The van der Waals surface area contributed by atoms with Gasteiger partial charge in [-0.3, -0.25) is 9.59 Å². The molecule has 0 aliphatic carbocycles. The monoisotopic (exact) mass is 448 g/mol. The third kappa shape index (κ3) is 3.82. The summed E-state index contributed by atoms with van der Waals surface area (Å²) in [4.78, 5) is 24.9. The van der Waals surface area contributed by atoms with E-state index in [-0.39, 0.29) is 10.8 Å². The number of aryl methyl sites for hydroxylation is 1. The van der Waals surface area contributed by atoms with E-state index in [4.69, 9.17) is 5.73 Å². The van der Waals surface area contributed by atoms with E-state index in [1.165, 1.54) is 12.3 Å². The van der Waals surface area contributed by atoms with Crippen molar-refractivity contribution in [3.05, 3.63) is 81.8 Å². The number of halogens is 1. The van der Waals surface area contributed by atoms with Crippen LogP contribution in [-0.2, 0) is 19.1 Å². The summed E-state index contributed by atoms with van der Waals surface area (Å²) in [6.07, 6.45) is 3.17. The maximum atomic E-state index is 15.0. The van der Waals surface area contributed by atoms with Crippen molar-refractivity contribution in [2.24, 2.45) is 12.8 Å². The highest BCUT2D eigenvalue weighted by Crippen LogP contribution is 2.30. The number of nitrogens with zero attached hydrogens (tertiary/aromatic N) is 3. The van der Waals surface area contributed by atoms with E-state index in [2.05, 4.69) is 5.10 Å². The molecule has 2 aromatic carbocycles. The molecule has 0 aliphatic heterocycles. The number of aromatic nitrogens is 3. The van der Waals surface area contributed by atoms with Crippen LogP contribution in [0.15, 0.2) is 53.6 Å². The summed E-state index contributed by atoms with van der Waals surface area (Å²) in [6.45, 7) is 5.50. The molecular formula is C25H25FN4O3. The third-order valence-corrected chi connectivity index (χ3v) is 5.81. The molecule has 0 unspecified atom stereocenters. The van der Waals surface area contributed by atoms with E-state index in [1.807, 2.05) is 20.8 Å². The van der Waals surface area contributed by atoms with Crippen molar-refractivity contribution in [3.63, 3.8) is 0 Å². The van der Waals surface area contributed by atoms with Crippen molar-refractivity contribution >= 4 is 16.7 Å². The Kier molecular flexibility index (Phi) is 5.41. The number of carbonyl (C=O) groups excluding carboxylic acids is 1. The average Bonchev–Trinajstić information content (AvgIpc) is 3.14. The molecule has 33 heavy (non-hydrogen) atoms. The van der Waals surface area contributed by atoms with Gasteiger partial charge in [-0.05, 0) is 40.8 Å². The number of fused-ring (bicyclic) bond motifs is 1. The Bertz CT molecular complexity index is 1460. The highest BCUT2D eigenvalue weighted by atomic mass is 19.1. The number of carbonyl (C=O) groups is 1. The van der Waals surface area contributed by atoms with Gasteiger partial charge in [0.1, 0.15) is 11.5 Å². The second-order valence-electron chi connectivity index (χ2n) is 9.08. The number of hydrogen-bond acceptors (Lipinski definition) is 4.